The van der Waals surface area contributed by atoms with Gasteiger partial charge in [-0.3, -0.25) is 14.4 Å². The van der Waals surface area contributed by atoms with E-state index in [9.17, 15) is 14.4 Å². The van der Waals surface area contributed by atoms with Gasteiger partial charge in [0.05, 0.1) is 12.1 Å². The lowest BCUT2D eigenvalue weighted by atomic mass is 10.2. The normalized spacial score (nSPS) is 17.6. The number of anilines is 1. The summed E-state index contributed by atoms with van der Waals surface area (Å²) >= 11 is 11.8. The van der Waals surface area contributed by atoms with Crippen LogP contribution in [0.1, 0.15) is 20.3 Å². The van der Waals surface area contributed by atoms with Crippen molar-refractivity contribution in [3.8, 4) is 0 Å². The van der Waals surface area contributed by atoms with Crippen molar-refractivity contribution in [2.24, 2.45) is 0 Å². The van der Waals surface area contributed by atoms with Gasteiger partial charge >= 0.3 is 0 Å². The van der Waals surface area contributed by atoms with Crippen molar-refractivity contribution in [3.63, 3.8) is 0 Å². The minimum Gasteiger partial charge on any atom is -0.340 e. The van der Waals surface area contributed by atoms with Crippen molar-refractivity contribution < 1.29 is 14.4 Å². The molecule has 1 saturated heterocycles. The fourth-order valence-electron chi connectivity index (χ4n) is 2.16. The average Bonchev–Trinajstić information content (AvgIpc) is 2.61. The predicted octanol–water partition coefficient (Wildman–Crippen LogP) is 2.71. The molecule has 0 bridgehead atoms. The Morgan fingerprint density at radius 2 is 1.82 bits per heavy atom. The van der Waals surface area contributed by atoms with Crippen LogP contribution in [0.2, 0.25) is 10.0 Å². The van der Waals surface area contributed by atoms with Crippen LogP contribution in [0.25, 0.3) is 0 Å². The minimum absolute atomic E-state index is 0.0920. The van der Waals surface area contributed by atoms with Crippen LogP contribution in [-0.2, 0) is 14.4 Å². The van der Waals surface area contributed by atoms with Crippen molar-refractivity contribution in [1.29, 1.82) is 0 Å². The molecule has 1 heterocycles. The third-order valence-electron chi connectivity index (χ3n) is 2.99. The molecule has 1 aromatic rings. The molecule has 3 amide bonds. The molecule has 0 spiro atoms. The van der Waals surface area contributed by atoms with Gasteiger partial charge in [-0.1, -0.05) is 28.8 Å². The Bertz CT molecular complexity index is 661. The number of rotatable bonds is 3. The van der Waals surface area contributed by atoms with Gasteiger partial charge in [0.1, 0.15) is 6.04 Å². The second kappa shape index (κ2) is 6.50. The molecule has 5 nitrogen and oxygen atoms in total. The highest BCUT2D eigenvalue weighted by Crippen LogP contribution is 2.29. The predicted molar refractivity (Wildman–Crippen MR) is 84.9 cm³/mol. The first-order valence-electron chi connectivity index (χ1n) is 6.56. The van der Waals surface area contributed by atoms with Crippen molar-refractivity contribution in [2.75, 3.05) is 4.90 Å². The second-order valence-electron chi connectivity index (χ2n) is 5.18. The Morgan fingerprint density at radius 1 is 1.23 bits per heavy atom. The van der Waals surface area contributed by atoms with E-state index in [2.05, 4.69) is 5.32 Å². The fourth-order valence-corrected chi connectivity index (χ4v) is 2.67. The smallest absolute Gasteiger partial charge is 0.256 e. The Balaban J connectivity index is 2.22. The summed E-state index contributed by atoms with van der Waals surface area (Å²) < 4.78 is 0. The van der Waals surface area contributed by atoms with Crippen LogP contribution in [0, 0.1) is 0 Å². The number of nitrogens with one attached hydrogen (secondary N) is 1. The summed E-state index contributed by atoms with van der Waals surface area (Å²) in [5.74, 6) is -1.32. The van der Waals surface area contributed by atoms with E-state index < -0.39 is 23.8 Å². The molecule has 116 valence electrons. The van der Waals surface area contributed by atoms with E-state index in [1.807, 2.05) is 0 Å². The molecule has 1 fully saturated rings. The molecule has 0 radical (unpaired) electrons. The maximum Gasteiger partial charge on any atom is 0.256 e. The van der Waals surface area contributed by atoms with E-state index in [0.717, 1.165) is 10.5 Å². The monoisotopic (exact) mass is 340 g/mol. The van der Waals surface area contributed by atoms with Crippen LogP contribution in [0.3, 0.4) is 0 Å². The quantitative estimate of drug-likeness (QED) is 0.679. The maximum absolute atomic E-state index is 12.3. The number of imide groups is 1. The standard InChI is InChI=1S/C15H14Cl2N2O3/c1-8(2)3-13(20)18-12-7-14(21)19(15(12)22)11-5-9(16)4-10(17)6-11/h3-6,12H,7H2,1-2H3,(H,18,20). The second-order valence-corrected chi connectivity index (χ2v) is 6.05. The summed E-state index contributed by atoms with van der Waals surface area (Å²) in [4.78, 5) is 37.1. The first kappa shape index (κ1) is 16.5. The summed E-state index contributed by atoms with van der Waals surface area (Å²) in [6, 6.07) is 3.58. The number of amides is 3. The minimum atomic E-state index is -0.881. The largest absolute Gasteiger partial charge is 0.340 e. The fraction of sp³-hybridized carbons (Fsp3) is 0.267. The van der Waals surface area contributed by atoms with Gasteiger partial charge in [-0.15, -0.1) is 0 Å². The van der Waals surface area contributed by atoms with E-state index in [1.54, 1.807) is 13.8 Å². The molecule has 0 aliphatic carbocycles. The lowest BCUT2D eigenvalue weighted by Gasteiger charge is -2.16. The van der Waals surface area contributed by atoms with Gasteiger partial charge in [-0.25, -0.2) is 4.90 Å². The first-order valence-corrected chi connectivity index (χ1v) is 7.32. The Hall–Kier alpha value is -1.85. The Morgan fingerprint density at radius 3 is 2.36 bits per heavy atom. The van der Waals surface area contributed by atoms with E-state index in [1.165, 1.54) is 24.3 Å². The van der Waals surface area contributed by atoms with Crippen molar-refractivity contribution in [3.05, 3.63) is 39.9 Å². The molecular weight excluding hydrogens is 327 g/mol. The molecular formula is C15H14Cl2N2O3. The number of halogens is 2. The highest BCUT2D eigenvalue weighted by Gasteiger charge is 2.40. The molecule has 0 aromatic heterocycles. The summed E-state index contributed by atoms with van der Waals surface area (Å²) in [6.45, 7) is 3.53. The number of carbonyl (C=O) groups is 3. The molecule has 1 atom stereocenters. The van der Waals surface area contributed by atoms with Crippen LogP contribution in [0.15, 0.2) is 29.8 Å². The van der Waals surface area contributed by atoms with Gasteiger partial charge in [0, 0.05) is 16.1 Å². The van der Waals surface area contributed by atoms with Gasteiger partial charge in [0.2, 0.25) is 11.8 Å². The van der Waals surface area contributed by atoms with Crippen molar-refractivity contribution >= 4 is 46.6 Å². The van der Waals surface area contributed by atoms with Crippen LogP contribution in [0.4, 0.5) is 5.69 Å². The third-order valence-corrected chi connectivity index (χ3v) is 3.42. The van der Waals surface area contributed by atoms with Crippen LogP contribution in [-0.4, -0.2) is 23.8 Å². The maximum atomic E-state index is 12.3. The number of carbonyl (C=O) groups excluding carboxylic acids is 3. The molecule has 1 aromatic carbocycles. The van der Waals surface area contributed by atoms with Crippen LogP contribution >= 0.6 is 23.2 Å². The number of hydrogen-bond donors (Lipinski definition) is 1. The lowest BCUT2D eigenvalue weighted by molar-refractivity contribution is -0.124. The van der Waals surface area contributed by atoms with Gasteiger partial charge in [0.15, 0.2) is 0 Å². The van der Waals surface area contributed by atoms with Crippen molar-refractivity contribution in [1.82, 2.24) is 5.32 Å². The van der Waals surface area contributed by atoms with E-state index in [-0.39, 0.29) is 6.42 Å². The molecule has 7 heteroatoms. The lowest BCUT2D eigenvalue weighted by Crippen LogP contribution is -2.41. The first-order chi connectivity index (χ1) is 10.3. The number of nitrogens with zero attached hydrogens (tertiary/aromatic N) is 1. The Labute approximate surface area is 137 Å². The molecule has 1 aliphatic rings. The van der Waals surface area contributed by atoms with Crippen LogP contribution in [0.5, 0.6) is 0 Å². The SMILES string of the molecule is CC(C)=CC(=O)NC1CC(=O)N(c2cc(Cl)cc(Cl)c2)C1=O. The number of benzene rings is 1. The summed E-state index contributed by atoms with van der Waals surface area (Å²) in [6.07, 6.45) is 1.28. The highest BCUT2D eigenvalue weighted by molar-refractivity contribution is 6.35. The zero-order valence-electron chi connectivity index (χ0n) is 12.0. The molecule has 1 N–H and O–H groups in total. The molecule has 2 rings (SSSR count). The molecule has 1 aliphatic heterocycles. The van der Waals surface area contributed by atoms with Gasteiger partial charge in [-0.2, -0.15) is 0 Å². The highest BCUT2D eigenvalue weighted by atomic mass is 35.5. The average molecular weight is 341 g/mol. The Kier molecular flexibility index (Phi) is 4.88. The topological polar surface area (TPSA) is 66.5 Å². The summed E-state index contributed by atoms with van der Waals surface area (Å²) in [5.41, 5.74) is 1.10. The molecule has 22 heavy (non-hydrogen) atoms. The van der Waals surface area contributed by atoms with E-state index in [4.69, 9.17) is 23.2 Å². The van der Waals surface area contributed by atoms with Gasteiger partial charge in [0.25, 0.3) is 5.91 Å². The number of hydrogen-bond acceptors (Lipinski definition) is 3. The number of allylic oxidation sites excluding steroid dienone is 1. The molecule has 0 saturated carbocycles. The van der Waals surface area contributed by atoms with E-state index in [0.29, 0.717) is 15.7 Å². The van der Waals surface area contributed by atoms with Crippen LogP contribution < -0.4 is 10.2 Å². The summed E-state index contributed by atoms with van der Waals surface area (Å²) in [7, 11) is 0. The molecule has 1 unspecified atom stereocenters. The zero-order chi connectivity index (χ0) is 16.4. The van der Waals surface area contributed by atoms with E-state index >= 15 is 0 Å². The summed E-state index contributed by atoms with van der Waals surface area (Å²) in [5, 5.41) is 3.17. The third kappa shape index (κ3) is 3.67. The van der Waals surface area contributed by atoms with Crippen molar-refractivity contribution in [2.45, 2.75) is 26.3 Å². The zero-order valence-corrected chi connectivity index (χ0v) is 13.5. The van der Waals surface area contributed by atoms with Gasteiger partial charge in [-0.05, 0) is 32.0 Å². The van der Waals surface area contributed by atoms with Gasteiger partial charge < -0.3 is 5.32 Å².